The molecule has 0 amide bonds. The number of carboxylic acids is 1. The summed E-state index contributed by atoms with van der Waals surface area (Å²) in [5.41, 5.74) is -0.242. The van der Waals surface area contributed by atoms with Gasteiger partial charge in [0.05, 0.1) is 16.1 Å². The largest absolute Gasteiger partial charge is 0.478 e. The van der Waals surface area contributed by atoms with Gasteiger partial charge in [0.2, 0.25) is 0 Å². The molecule has 7 heteroatoms. The molecular weight excluding hydrogens is 294 g/mol. The van der Waals surface area contributed by atoms with Crippen LogP contribution < -0.4 is 4.72 Å². The minimum absolute atomic E-state index is 0.00203. The fourth-order valence-electron chi connectivity index (χ4n) is 1.78. The van der Waals surface area contributed by atoms with Gasteiger partial charge in [0, 0.05) is 5.56 Å². The summed E-state index contributed by atoms with van der Waals surface area (Å²) in [6.45, 7) is 0. The Balaban J connectivity index is 2.48. The Bertz CT molecular complexity index is 799. The molecule has 0 aliphatic carbocycles. The molecule has 2 rings (SSSR count). The van der Waals surface area contributed by atoms with Gasteiger partial charge >= 0.3 is 5.97 Å². The lowest BCUT2D eigenvalue weighted by Crippen LogP contribution is -2.17. The van der Waals surface area contributed by atoms with Gasteiger partial charge in [0.25, 0.3) is 10.0 Å². The van der Waals surface area contributed by atoms with Crippen molar-refractivity contribution in [2.75, 3.05) is 4.72 Å². The van der Waals surface area contributed by atoms with Crippen molar-refractivity contribution in [3.8, 4) is 0 Å². The van der Waals surface area contributed by atoms with E-state index in [1.165, 1.54) is 48.5 Å². The molecular formula is C14H11NO5S. The van der Waals surface area contributed by atoms with E-state index in [0.717, 1.165) is 0 Å². The second-order valence-corrected chi connectivity index (χ2v) is 5.76. The highest BCUT2D eigenvalue weighted by molar-refractivity contribution is 7.92. The Morgan fingerprint density at radius 2 is 1.67 bits per heavy atom. The number of nitrogens with one attached hydrogen (secondary N) is 1. The Hall–Kier alpha value is -2.67. The molecule has 0 spiro atoms. The van der Waals surface area contributed by atoms with Gasteiger partial charge < -0.3 is 5.11 Å². The van der Waals surface area contributed by atoms with Crippen LogP contribution in [0.25, 0.3) is 0 Å². The summed E-state index contributed by atoms with van der Waals surface area (Å²) in [6, 6.07) is 11.3. The fourth-order valence-corrected chi connectivity index (χ4v) is 3.04. The number of rotatable bonds is 5. The summed E-state index contributed by atoms with van der Waals surface area (Å²) in [4.78, 5) is 21.8. The van der Waals surface area contributed by atoms with E-state index in [2.05, 4.69) is 4.72 Å². The molecule has 2 N–H and O–H groups in total. The molecule has 0 saturated heterocycles. The number of benzene rings is 2. The maximum absolute atomic E-state index is 12.3. The van der Waals surface area contributed by atoms with E-state index < -0.39 is 16.0 Å². The Labute approximate surface area is 121 Å². The zero-order valence-electron chi connectivity index (χ0n) is 10.7. The Kier molecular flexibility index (Phi) is 4.04. The number of para-hydroxylation sites is 1. The summed E-state index contributed by atoms with van der Waals surface area (Å²) < 4.78 is 26.8. The topological polar surface area (TPSA) is 101 Å². The number of anilines is 1. The summed E-state index contributed by atoms with van der Waals surface area (Å²) in [7, 11) is -4.06. The van der Waals surface area contributed by atoms with Gasteiger partial charge in [0.1, 0.15) is 0 Å². The summed E-state index contributed by atoms with van der Waals surface area (Å²) in [5.74, 6) is -1.25. The van der Waals surface area contributed by atoms with E-state index in [9.17, 15) is 18.0 Å². The van der Waals surface area contributed by atoms with Gasteiger partial charge in [-0.3, -0.25) is 9.52 Å². The second kappa shape index (κ2) is 5.76. The quantitative estimate of drug-likeness (QED) is 0.823. The lowest BCUT2D eigenvalue weighted by atomic mass is 10.2. The maximum Gasteiger partial charge on any atom is 0.337 e. The van der Waals surface area contributed by atoms with Gasteiger partial charge in [0.15, 0.2) is 6.29 Å². The smallest absolute Gasteiger partial charge is 0.337 e. The van der Waals surface area contributed by atoms with Gasteiger partial charge in [-0.2, -0.15) is 0 Å². The zero-order valence-corrected chi connectivity index (χ0v) is 11.5. The van der Waals surface area contributed by atoms with Gasteiger partial charge in [-0.15, -0.1) is 0 Å². The van der Waals surface area contributed by atoms with Crippen molar-refractivity contribution in [3.05, 3.63) is 59.7 Å². The van der Waals surface area contributed by atoms with Crippen molar-refractivity contribution >= 4 is 28.0 Å². The van der Waals surface area contributed by atoms with E-state index >= 15 is 0 Å². The monoisotopic (exact) mass is 305 g/mol. The lowest BCUT2D eigenvalue weighted by molar-refractivity contribution is 0.0698. The van der Waals surface area contributed by atoms with Crippen molar-refractivity contribution in [2.24, 2.45) is 0 Å². The lowest BCUT2D eigenvalue weighted by Gasteiger charge is -2.11. The number of aromatic carboxylic acids is 1. The van der Waals surface area contributed by atoms with E-state index in [1.54, 1.807) is 0 Å². The minimum atomic E-state index is -4.06. The first kappa shape index (κ1) is 14.7. The molecule has 0 atom stereocenters. The highest BCUT2D eigenvalue weighted by Gasteiger charge is 2.20. The van der Waals surface area contributed by atoms with Gasteiger partial charge in [-0.25, -0.2) is 13.2 Å². The van der Waals surface area contributed by atoms with Gasteiger partial charge in [-0.05, 0) is 18.2 Å². The first-order chi connectivity index (χ1) is 9.95. The zero-order chi connectivity index (χ0) is 15.5. The fraction of sp³-hybridized carbons (Fsp3) is 0. The van der Waals surface area contributed by atoms with Crippen molar-refractivity contribution < 1.29 is 23.1 Å². The third kappa shape index (κ3) is 3.09. The number of aldehydes is 1. The van der Waals surface area contributed by atoms with Crippen LogP contribution >= 0.6 is 0 Å². The summed E-state index contributed by atoms with van der Waals surface area (Å²) >= 11 is 0. The molecule has 21 heavy (non-hydrogen) atoms. The molecule has 0 fully saturated rings. The molecule has 108 valence electrons. The third-order valence-corrected chi connectivity index (χ3v) is 4.18. The number of carbonyl (C=O) groups is 2. The SMILES string of the molecule is O=Cc1ccccc1S(=O)(=O)Nc1ccccc1C(=O)O. The van der Waals surface area contributed by atoms with Crippen LogP contribution in [0.5, 0.6) is 0 Å². The predicted octanol–water partition coefficient (Wildman–Crippen LogP) is 2.00. The molecule has 0 unspecified atom stereocenters. The van der Waals surface area contributed by atoms with E-state index in [4.69, 9.17) is 5.11 Å². The molecule has 0 aliphatic rings. The van der Waals surface area contributed by atoms with Crippen molar-refractivity contribution in [2.45, 2.75) is 4.90 Å². The molecule has 2 aromatic carbocycles. The summed E-state index contributed by atoms with van der Waals surface area (Å²) in [5, 5.41) is 9.04. The third-order valence-electron chi connectivity index (χ3n) is 2.74. The van der Waals surface area contributed by atoms with Crippen molar-refractivity contribution in [1.29, 1.82) is 0 Å². The van der Waals surface area contributed by atoms with E-state index in [-0.39, 0.29) is 21.7 Å². The predicted molar refractivity (Wildman–Crippen MR) is 76.0 cm³/mol. The molecule has 2 aromatic rings. The molecule has 0 bridgehead atoms. The van der Waals surface area contributed by atoms with Crippen LogP contribution in [-0.4, -0.2) is 25.8 Å². The highest BCUT2D eigenvalue weighted by atomic mass is 32.2. The molecule has 6 nitrogen and oxygen atoms in total. The second-order valence-electron chi connectivity index (χ2n) is 4.11. The first-order valence-electron chi connectivity index (χ1n) is 5.85. The number of carbonyl (C=O) groups excluding carboxylic acids is 1. The maximum atomic E-state index is 12.3. The summed E-state index contributed by atoms with van der Waals surface area (Å²) in [6.07, 6.45) is 0.428. The van der Waals surface area contributed by atoms with Crippen LogP contribution in [0.3, 0.4) is 0 Å². The standard InChI is InChI=1S/C14H11NO5S/c16-9-10-5-1-4-8-13(10)21(19,20)15-12-7-3-2-6-11(12)14(17)18/h1-9,15H,(H,17,18). The molecule has 0 radical (unpaired) electrons. The number of sulfonamides is 1. The van der Waals surface area contributed by atoms with Crippen molar-refractivity contribution in [3.63, 3.8) is 0 Å². The highest BCUT2D eigenvalue weighted by Crippen LogP contribution is 2.21. The van der Waals surface area contributed by atoms with Crippen LogP contribution in [0.2, 0.25) is 0 Å². The van der Waals surface area contributed by atoms with Crippen molar-refractivity contribution in [1.82, 2.24) is 0 Å². The molecule has 0 heterocycles. The number of hydrogen-bond acceptors (Lipinski definition) is 4. The van der Waals surface area contributed by atoms with Crippen LogP contribution in [0.1, 0.15) is 20.7 Å². The van der Waals surface area contributed by atoms with Gasteiger partial charge in [-0.1, -0.05) is 30.3 Å². The Morgan fingerprint density at radius 1 is 1.05 bits per heavy atom. The normalized spacial score (nSPS) is 10.9. The first-order valence-corrected chi connectivity index (χ1v) is 7.33. The molecule has 0 aliphatic heterocycles. The number of hydrogen-bond donors (Lipinski definition) is 2. The van der Waals surface area contributed by atoms with E-state index in [1.807, 2.05) is 0 Å². The van der Waals surface area contributed by atoms with Crippen LogP contribution in [0.15, 0.2) is 53.4 Å². The average molecular weight is 305 g/mol. The van der Waals surface area contributed by atoms with Crippen LogP contribution in [0.4, 0.5) is 5.69 Å². The van der Waals surface area contributed by atoms with Crippen LogP contribution in [-0.2, 0) is 10.0 Å². The molecule has 0 saturated carbocycles. The van der Waals surface area contributed by atoms with E-state index in [0.29, 0.717) is 6.29 Å². The minimum Gasteiger partial charge on any atom is -0.478 e. The molecule has 0 aromatic heterocycles. The van der Waals surface area contributed by atoms with Crippen LogP contribution in [0, 0.1) is 0 Å². The number of carboxylic acid groups (broad SMARTS) is 1. The Morgan fingerprint density at radius 3 is 2.33 bits per heavy atom. The average Bonchev–Trinajstić information content (AvgIpc) is 2.47.